The minimum absolute atomic E-state index is 0.0331. The van der Waals surface area contributed by atoms with Gasteiger partial charge in [0.25, 0.3) is 0 Å². The van der Waals surface area contributed by atoms with Crippen molar-refractivity contribution in [1.29, 1.82) is 0 Å². The van der Waals surface area contributed by atoms with E-state index in [0.29, 0.717) is 25.8 Å². The zero-order valence-electron chi connectivity index (χ0n) is 18.0. The molecule has 27 heavy (non-hydrogen) atoms. The summed E-state index contributed by atoms with van der Waals surface area (Å²) in [6.07, 6.45) is 0.637. The van der Waals surface area contributed by atoms with Crippen LogP contribution < -0.4 is 16.0 Å². The number of ether oxygens (including phenoxy) is 2. The molecule has 0 aliphatic heterocycles. The first-order valence-electron chi connectivity index (χ1n) is 9.46. The molecule has 0 aliphatic carbocycles. The molecule has 0 bridgehead atoms. The van der Waals surface area contributed by atoms with Crippen LogP contribution in [-0.4, -0.2) is 47.9 Å². The zero-order valence-corrected chi connectivity index (χ0v) is 18.0. The summed E-state index contributed by atoms with van der Waals surface area (Å²) in [5, 5.41) is 8.09. The molecular weight excluding hydrogens is 350 g/mol. The molecule has 3 N–H and O–H groups in total. The second-order valence-corrected chi connectivity index (χ2v) is 8.79. The molecule has 8 heteroatoms. The quantitative estimate of drug-likeness (QED) is 0.555. The number of nitrogens with one attached hydrogen (secondary N) is 3. The number of alkyl carbamates (subject to hydrolysis) is 2. The van der Waals surface area contributed by atoms with Gasteiger partial charge < -0.3 is 25.4 Å². The van der Waals surface area contributed by atoms with Crippen LogP contribution in [0.5, 0.6) is 0 Å². The van der Waals surface area contributed by atoms with Gasteiger partial charge in [-0.2, -0.15) is 0 Å². The van der Waals surface area contributed by atoms with Crippen molar-refractivity contribution >= 4 is 18.1 Å². The number of amides is 3. The molecule has 0 heterocycles. The third-order valence-electron chi connectivity index (χ3n) is 3.03. The van der Waals surface area contributed by atoms with Crippen LogP contribution in [0.2, 0.25) is 0 Å². The topological polar surface area (TPSA) is 106 Å². The van der Waals surface area contributed by atoms with Crippen LogP contribution in [0.4, 0.5) is 9.59 Å². The van der Waals surface area contributed by atoms with E-state index in [0.717, 1.165) is 0 Å². The second kappa shape index (κ2) is 11.0. The molecule has 158 valence electrons. The van der Waals surface area contributed by atoms with Crippen LogP contribution >= 0.6 is 0 Å². The van der Waals surface area contributed by atoms with Crippen molar-refractivity contribution in [3.8, 4) is 0 Å². The number of unbranched alkanes of at least 4 members (excludes halogenated alkanes) is 1. The highest BCUT2D eigenvalue weighted by atomic mass is 16.6. The molecule has 0 aromatic heterocycles. The highest BCUT2D eigenvalue weighted by molar-refractivity contribution is 5.85. The Bertz CT molecular complexity index is 493. The Labute approximate surface area is 163 Å². The van der Waals surface area contributed by atoms with Gasteiger partial charge in [0.1, 0.15) is 17.2 Å². The lowest BCUT2D eigenvalue weighted by Gasteiger charge is -2.24. The van der Waals surface area contributed by atoms with Crippen LogP contribution in [0, 0.1) is 0 Å². The zero-order chi connectivity index (χ0) is 21.3. The number of carbonyl (C=O) groups excluding carboxylic acids is 3. The molecule has 0 rings (SSSR count). The van der Waals surface area contributed by atoms with E-state index < -0.39 is 29.4 Å². The summed E-state index contributed by atoms with van der Waals surface area (Å²) in [6.45, 7) is 14.8. The number of hydrogen-bond acceptors (Lipinski definition) is 5. The predicted molar refractivity (Wildman–Crippen MR) is 105 cm³/mol. The monoisotopic (exact) mass is 387 g/mol. The summed E-state index contributed by atoms with van der Waals surface area (Å²) < 4.78 is 10.4. The lowest BCUT2D eigenvalue weighted by atomic mass is 10.1. The second-order valence-electron chi connectivity index (χ2n) is 8.79. The van der Waals surface area contributed by atoms with E-state index in [-0.39, 0.29) is 11.9 Å². The van der Waals surface area contributed by atoms with Gasteiger partial charge in [-0.3, -0.25) is 4.79 Å². The molecule has 0 radical (unpaired) electrons. The van der Waals surface area contributed by atoms with Crippen molar-refractivity contribution < 1.29 is 23.9 Å². The molecule has 1 atom stereocenters. The van der Waals surface area contributed by atoms with Crippen LogP contribution in [0.1, 0.15) is 74.7 Å². The lowest BCUT2D eigenvalue weighted by Crippen LogP contribution is -2.49. The van der Waals surface area contributed by atoms with Gasteiger partial charge in [0.05, 0.1) is 0 Å². The van der Waals surface area contributed by atoms with Crippen molar-refractivity contribution in [3.63, 3.8) is 0 Å². The average Bonchev–Trinajstić information content (AvgIpc) is 2.40. The smallest absolute Gasteiger partial charge is 0.408 e. The van der Waals surface area contributed by atoms with Gasteiger partial charge in [-0.15, -0.1) is 0 Å². The molecule has 0 spiro atoms. The van der Waals surface area contributed by atoms with Gasteiger partial charge in [0.2, 0.25) is 5.91 Å². The maximum Gasteiger partial charge on any atom is 0.408 e. The van der Waals surface area contributed by atoms with Crippen LogP contribution in [0.15, 0.2) is 0 Å². The van der Waals surface area contributed by atoms with Crippen molar-refractivity contribution in [2.45, 2.75) is 97.9 Å². The fourth-order valence-electron chi connectivity index (χ4n) is 2.08. The van der Waals surface area contributed by atoms with Gasteiger partial charge in [-0.25, -0.2) is 9.59 Å². The van der Waals surface area contributed by atoms with Gasteiger partial charge in [-0.05, 0) is 74.7 Å². The summed E-state index contributed by atoms with van der Waals surface area (Å²) in [4.78, 5) is 35.9. The summed E-state index contributed by atoms with van der Waals surface area (Å²) in [6, 6.07) is -0.724. The largest absolute Gasteiger partial charge is 0.444 e. The first kappa shape index (κ1) is 25.0. The van der Waals surface area contributed by atoms with Crippen molar-refractivity contribution in [1.82, 2.24) is 16.0 Å². The van der Waals surface area contributed by atoms with E-state index in [4.69, 9.17) is 9.47 Å². The molecule has 0 aromatic rings. The van der Waals surface area contributed by atoms with E-state index in [1.165, 1.54) is 0 Å². The summed E-state index contributed by atoms with van der Waals surface area (Å²) in [7, 11) is 0. The van der Waals surface area contributed by atoms with Crippen LogP contribution in [0.25, 0.3) is 0 Å². The Morgan fingerprint density at radius 3 is 1.81 bits per heavy atom. The molecule has 0 saturated heterocycles. The average molecular weight is 388 g/mol. The van der Waals surface area contributed by atoms with Crippen LogP contribution in [0.3, 0.4) is 0 Å². The molecule has 0 saturated carbocycles. The van der Waals surface area contributed by atoms with E-state index in [1.54, 1.807) is 41.5 Å². The third-order valence-corrected chi connectivity index (χ3v) is 3.03. The van der Waals surface area contributed by atoms with E-state index in [9.17, 15) is 14.4 Å². The minimum Gasteiger partial charge on any atom is -0.444 e. The van der Waals surface area contributed by atoms with Gasteiger partial charge >= 0.3 is 12.2 Å². The first-order valence-corrected chi connectivity index (χ1v) is 9.46. The van der Waals surface area contributed by atoms with E-state index in [1.807, 2.05) is 13.8 Å². The lowest BCUT2D eigenvalue weighted by molar-refractivity contribution is -0.123. The highest BCUT2D eigenvalue weighted by Gasteiger charge is 2.24. The van der Waals surface area contributed by atoms with Gasteiger partial charge in [-0.1, -0.05) is 0 Å². The van der Waals surface area contributed by atoms with Crippen molar-refractivity contribution in [2.75, 3.05) is 6.54 Å². The van der Waals surface area contributed by atoms with Crippen molar-refractivity contribution in [3.05, 3.63) is 0 Å². The van der Waals surface area contributed by atoms with E-state index in [2.05, 4.69) is 16.0 Å². The molecule has 0 aromatic carbocycles. The molecule has 0 aliphatic rings. The number of hydrogen-bond donors (Lipinski definition) is 3. The fourth-order valence-corrected chi connectivity index (χ4v) is 2.08. The van der Waals surface area contributed by atoms with Gasteiger partial charge in [0.15, 0.2) is 0 Å². The molecule has 0 fully saturated rings. The predicted octanol–water partition coefficient (Wildman–Crippen LogP) is 3.10. The SMILES string of the molecule is CC(C)NC(=O)C(CCCCNC(=O)OC(C)(C)C)NC(=O)OC(C)(C)C. The standard InChI is InChI=1S/C19H37N3O5/c1-13(2)21-15(23)14(22-17(25)27-19(6,7)8)11-9-10-12-20-16(24)26-18(3,4)5/h13-14H,9-12H2,1-8H3,(H,20,24)(H,21,23)(H,22,25). The Kier molecular flexibility index (Phi) is 10.2. The maximum absolute atomic E-state index is 12.3. The summed E-state index contributed by atoms with van der Waals surface area (Å²) in [5.74, 6) is -0.254. The highest BCUT2D eigenvalue weighted by Crippen LogP contribution is 2.09. The first-order chi connectivity index (χ1) is 12.2. The molecule has 8 nitrogen and oxygen atoms in total. The summed E-state index contributed by atoms with van der Waals surface area (Å²) >= 11 is 0. The fraction of sp³-hybridized carbons (Fsp3) is 0.842. The molecule has 1 unspecified atom stereocenters. The van der Waals surface area contributed by atoms with Crippen molar-refractivity contribution in [2.24, 2.45) is 0 Å². The Hall–Kier alpha value is -1.99. The minimum atomic E-state index is -0.691. The van der Waals surface area contributed by atoms with Gasteiger partial charge in [0, 0.05) is 12.6 Å². The summed E-state index contributed by atoms with van der Waals surface area (Å²) in [5.41, 5.74) is -1.18. The molecule has 3 amide bonds. The number of carbonyl (C=O) groups is 3. The number of rotatable bonds is 8. The maximum atomic E-state index is 12.3. The Morgan fingerprint density at radius 1 is 0.815 bits per heavy atom. The Morgan fingerprint density at radius 2 is 1.33 bits per heavy atom. The molecular formula is C19H37N3O5. The third kappa shape index (κ3) is 14.8. The van der Waals surface area contributed by atoms with E-state index >= 15 is 0 Å². The Balaban J connectivity index is 4.45. The van der Waals surface area contributed by atoms with Crippen LogP contribution in [-0.2, 0) is 14.3 Å². The normalized spacial score (nSPS) is 12.9.